The second-order valence-corrected chi connectivity index (χ2v) is 1.94. The third-order valence-corrected chi connectivity index (χ3v) is 1.28. The lowest BCUT2D eigenvalue weighted by molar-refractivity contribution is 0.296. The third kappa shape index (κ3) is 1.14. The maximum Gasteiger partial charge on any atom is 0.0437 e. The Morgan fingerprint density at radius 2 is 2.43 bits per heavy atom. The maximum atomic E-state index is 8.32. The molecule has 7 heavy (non-hydrogen) atoms. The minimum absolute atomic E-state index is 0.267. The van der Waals surface area contributed by atoms with Gasteiger partial charge < -0.3 is 10.8 Å². The highest BCUT2D eigenvalue weighted by Gasteiger charge is 2.32. The van der Waals surface area contributed by atoms with Crippen molar-refractivity contribution in [2.24, 2.45) is 5.73 Å². The molecule has 41 valence electrons. The standard InChI is InChI=1S/C5H10NO/c6-5-3-4(5)1-2-7/h5,7H,1-3,6H2. The van der Waals surface area contributed by atoms with E-state index in [0.717, 1.165) is 12.8 Å². The van der Waals surface area contributed by atoms with Gasteiger partial charge in [0.25, 0.3) is 0 Å². The Hall–Kier alpha value is -0.0800. The summed E-state index contributed by atoms with van der Waals surface area (Å²) in [6.45, 7) is 0.267. The van der Waals surface area contributed by atoms with Gasteiger partial charge in [-0.05, 0) is 18.8 Å². The van der Waals surface area contributed by atoms with E-state index in [9.17, 15) is 0 Å². The molecule has 0 spiro atoms. The predicted octanol–water partition coefficient (Wildman–Crippen LogP) is -0.326. The highest BCUT2D eigenvalue weighted by Crippen LogP contribution is 2.33. The van der Waals surface area contributed by atoms with Crippen molar-refractivity contribution in [3.05, 3.63) is 5.92 Å². The van der Waals surface area contributed by atoms with Crippen molar-refractivity contribution >= 4 is 0 Å². The van der Waals surface area contributed by atoms with E-state index in [1.54, 1.807) is 0 Å². The van der Waals surface area contributed by atoms with Crippen molar-refractivity contribution in [1.82, 2.24) is 0 Å². The van der Waals surface area contributed by atoms with Crippen LogP contribution in [0.3, 0.4) is 0 Å². The first-order valence-corrected chi connectivity index (χ1v) is 2.55. The summed E-state index contributed by atoms with van der Waals surface area (Å²) in [5.41, 5.74) is 5.40. The lowest BCUT2D eigenvalue weighted by Crippen LogP contribution is -2.01. The van der Waals surface area contributed by atoms with Gasteiger partial charge >= 0.3 is 0 Å². The summed E-state index contributed by atoms with van der Waals surface area (Å²) in [5, 5.41) is 8.32. The number of aliphatic hydroxyl groups is 1. The molecular weight excluding hydrogens is 90.1 g/mol. The monoisotopic (exact) mass is 100 g/mol. The maximum absolute atomic E-state index is 8.32. The summed E-state index contributed by atoms with van der Waals surface area (Å²) < 4.78 is 0. The smallest absolute Gasteiger partial charge is 0.0437 e. The first-order valence-electron chi connectivity index (χ1n) is 2.55. The third-order valence-electron chi connectivity index (χ3n) is 1.28. The molecule has 1 aliphatic rings. The molecule has 1 unspecified atom stereocenters. The van der Waals surface area contributed by atoms with Gasteiger partial charge in [-0.15, -0.1) is 0 Å². The molecule has 3 N–H and O–H groups in total. The van der Waals surface area contributed by atoms with Gasteiger partial charge in [0.2, 0.25) is 0 Å². The molecule has 0 aliphatic heterocycles. The molecule has 1 atom stereocenters. The van der Waals surface area contributed by atoms with Gasteiger partial charge in [0.1, 0.15) is 0 Å². The Kier molecular flexibility index (Phi) is 1.30. The molecule has 0 heterocycles. The van der Waals surface area contributed by atoms with Gasteiger partial charge in [0, 0.05) is 12.6 Å². The second kappa shape index (κ2) is 1.80. The van der Waals surface area contributed by atoms with Crippen LogP contribution in [0.4, 0.5) is 0 Å². The van der Waals surface area contributed by atoms with E-state index in [0.29, 0.717) is 6.04 Å². The van der Waals surface area contributed by atoms with Crippen molar-refractivity contribution in [1.29, 1.82) is 0 Å². The van der Waals surface area contributed by atoms with Crippen LogP contribution in [0.2, 0.25) is 0 Å². The Bertz CT molecular complexity index is 65.1. The minimum Gasteiger partial charge on any atom is -0.396 e. The summed E-state index contributed by atoms with van der Waals surface area (Å²) in [7, 11) is 0. The average molecular weight is 100 g/mol. The van der Waals surface area contributed by atoms with Gasteiger partial charge in [-0.2, -0.15) is 0 Å². The Morgan fingerprint density at radius 3 is 2.57 bits per heavy atom. The topological polar surface area (TPSA) is 46.2 Å². The first kappa shape index (κ1) is 5.06. The van der Waals surface area contributed by atoms with E-state index in [1.165, 1.54) is 5.92 Å². The quantitative estimate of drug-likeness (QED) is 0.499. The summed E-state index contributed by atoms with van der Waals surface area (Å²) in [6, 6.07) is 0.326. The SMILES string of the molecule is NC1C[C]1CCO. The number of aliphatic hydroxyl groups excluding tert-OH is 1. The zero-order valence-electron chi connectivity index (χ0n) is 4.22. The van der Waals surface area contributed by atoms with Crippen LogP contribution in [-0.4, -0.2) is 17.8 Å². The predicted molar refractivity (Wildman–Crippen MR) is 27.5 cm³/mol. The fraction of sp³-hybridized carbons (Fsp3) is 0.800. The van der Waals surface area contributed by atoms with Gasteiger partial charge in [0.05, 0.1) is 0 Å². The average Bonchev–Trinajstić information content (AvgIpc) is 2.22. The van der Waals surface area contributed by atoms with Gasteiger partial charge in [-0.1, -0.05) is 0 Å². The van der Waals surface area contributed by atoms with Crippen LogP contribution in [0.15, 0.2) is 0 Å². The number of hydrogen-bond donors (Lipinski definition) is 2. The van der Waals surface area contributed by atoms with Gasteiger partial charge in [-0.3, -0.25) is 0 Å². The lowest BCUT2D eigenvalue weighted by Gasteiger charge is -1.85. The number of nitrogens with two attached hydrogens (primary N) is 1. The molecule has 0 bridgehead atoms. The zero-order valence-corrected chi connectivity index (χ0v) is 4.22. The fourth-order valence-corrected chi connectivity index (χ4v) is 0.655. The van der Waals surface area contributed by atoms with E-state index in [-0.39, 0.29) is 6.61 Å². The second-order valence-electron chi connectivity index (χ2n) is 1.94. The van der Waals surface area contributed by atoms with Crippen molar-refractivity contribution in [3.63, 3.8) is 0 Å². The summed E-state index contributed by atoms with van der Waals surface area (Å²) in [6.07, 6.45) is 1.86. The van der Waals surface area contributed by atoms with Crippen LogP contribution in [0, 0.1) is 5.92 Å². The highest BCUT2D eigenvalue weighted by atomic mass is 16.3. The summed E-state index contributed by atoms with van der Waals surface area (Å²) >= 11 is 0. The summed E-state index contributed by atoms with van der Waals surface area (Å²) in [5.74, 6) is 1.32. The van der Waals surface area contributed by atoms with Crippen molar-refractivity contribution < 1.29 is 5.11 Å². The first-order chi connectivity index (χ1) is 3.34. The van der Waals surface area contributed by atoms with Crippen LogP contribution >= 0.6 is 0 Å². The van der Waals surface area contributed by atoms with E-state index in [2.05, 4.69) is 0 Å². The van der Waals surface area contributed by atoms with Crippen LogP contribution in [0.5, 0.6) is 0 Å². The Morgan fingerprint density at radius 1 is 1.86 bits per heavy atom. The van der Waals surface area contributed by atoms with Gasteiger partial charge in [0.15, 0.2) is 0 Å². The molecule has 1 fully saturated rings. The lowest BCUT2D eigenvalue weighted by atomic mass is 10.3. The molecule has 1 saturated carbocycles. The summed E-state index contributed by atoms with van der Waals surface area (Å²) in [4.78, 5) is 0. The van der Waals surface area contributed by atoms with Crippen LogP contribution < -0.4 is 5.73 Å². The fourth-order valence-electron chi connectivity index (χ4n) is 0.655. The molecule has 1 aliphatic carbocycles. The molecular formula is C5H10NO. The van der Waals surface area contributed by atoms with Gasteiger partial charge in [-0.25, -0.2) is 0 Å². The van der Waals surface area contributed by atoms with Crippen LogP contribution in [0.1, 0.15) is 12.8 Å². The van der Waals surface area contributed by atoms with E-state index in [1.807, 2.05) is 0 Å². The van der Waals surface area contributed by atoms with Crippen molar-refractivity contribution in [3.8, 4) is 0 Å². The minimum atomic E-state index is 0.267. The van der Waals surface area contributed by atoms with Crippen molar-refractivity contribution in [2.75, 3.05) is 6.61 Å². The molecule has 2 nitrogen and oxygen atoms in total. The molecule has 0 saturated heterocycles. The molecule has 0 aromatic heterocycles. The van der Waals surface area contributed by atoms with Crippen LogP contribution in [0.25, 0.3) is 0 Å². The molecule has 1 radical (unpaired) electrons. The number of rotatable bonds is 2. The van der Waals surface area contributed by atoms with E-state index < -0.39 is 0 Å². The normalized spacial score (nSPS) is 30.9. The number of hydrogen-bond acceptors (Lipinski definition) is 2. The molecule has 0 amide bonds. The highest BCUT2D eigenvalue weighted by molar-refractivity contribution is 5.17. The molecule has 2 heteroatoms. The largest absolute Gasteiger partial charge is 0.396 e. The molecule has 1 rings (SSSR count). The Labute approximate surface area is 43.3 Å². The molecule has 0 aromatic rings. The molecule has 0 aromatic carbocycles. The Balaban J connectivity index is 1.98. The van der Waals surface area contributed by atoms with Crippen molar-refractivity contribution in [2.45, 2.75) is 18.9 Å². The van der Waals surface area contributed by atoms with E-state index in [4.69, 9.17) is 10.8 Å². The van der Waals surface area contributed by atoms with E-state index >= 15 is 0 Å². The van der Waals surface area contributed by atoms with Crippen LogP contribution in [-0.2, 0) is 0 Å². The zero-order chi connectivity index (χ0) is 5.28.